The van der Waals surface area contributed by atoms with Crippen LogP contribution in [-0.4, -0.2) is 31.1 Å². The number of carbonyl (C=O) groups is 2. The molecule has 0 radical (unpaired) electrons. The molecule has 5 nitrogen and oxygen atoms in total. The molecule has 114 valence electrons. The first-order chi connectivity index (χ1) is 10.1. The first-order valence-corrected chi connectivity index (χ1v) is 7.03. The number of nitrogens with one attached hydrogen (secondary N) is 2. The third-order valence-electron chi connectivity index (χ3n) is 3.31. The Labute approximate surface area is 122 Å². The summed E-state index contributed by atoms with van der Waals surface area (Å²) < 4.78 is 18.7. The molecule has 1 aromatic rings. The molecule has 2 N–H and O–H groups in total. The molecule has 1 aliphatic rings. The summed E-state index contributed by atoms with van der Waals surface area (Å²) in [6, 6.07) is 6.20. The summed E-state index contributed by atoms with van der Waals surface area (Å²) in [4.78, 5) is 23.2. The van der Waals surface area contributed by atoms with Crippen molar-refractivity contribution in [1.82, 2.24) is 10.6 Å². The van der Waals surface area contributed by atoms with Crippen molar-refractivity contribution in [3.05, 3.63) is 35.6 Å². The maximum atomic E-state index is 13.4. The highest BCUT2D eigenvalue weighted by Gasteiger charge is 2.17. The molecule has 0 bridgehead atoms. The Morgan fingerprint density at radius 3 is 2.71 bits per heavy atom. The molecule has 1 heterocycles. The van der Waals surface area contributed by atoms with Crippen LogP contribution in [0.25, 0.3) is 0 Å². The number of hydrogen-bond donors (Lipinski definition) is 2. The van der Waals surface area contributed by atoms with Gasteiger partial charge < -0.3 is 15.4 Å². The van der Waals surface area contributed by atoms with Crippen LogP contribution in [0.1, 0.15) is 24.8 Å². The van der Waals surface area contributed by atoms with Crippen molar-refractivity contribution in [1.29, 1.82) is 0 Å². The summed E-state index contributed by atoms with van der Waals surface area (Å²) in [6.07, 6.45) is 1.72. The fourth-order valence-corrected chi connectivity index (χ4v) is 2.14. The van der Waals surface area contributed by atoms with Crippen LogP contribution in [0.4, 0.5) is 4.39 Å². The van der Waals surface area contributed by atoms with E-state index in [-0.39, 0.29) is 30.8 Å². The Bertz CT molecular complexity index is 501. The highest BCUT2D eigenvalue weighted by atomic mass is 19.1. The van der Waals surface area contributed by atoms with Crippen LogP contribution in [-0.2, 0) is 20.9 Å². The van der Waals surface area contributed by atoms with E-state index in [4.69, 9.17) is 4.74 Å². The van der Waals surface area contributed by atoms with Crippen LogP contribution in [0.2, 0.25) is 0 Å². The van der Waals surface area contributed by atoms with E-state index in [1.807, 2.05) is 0 Å². The predicted molar refractivity (Wildman–Crippen MR) is 74.8 cm³/mol. The number of halogens is 1. The molecule has 1 saturated heterocycles. The molecule has 1 unspecified atom stereocenters. The molecule has 1 aromatic carbocycles. The smallest absolute Gasteiger partial charge is 0.229 e. The Kier molecular flexibility index (Phi) is 5.68. The van der Waals surface area contributed by atoms with E-state index in [0.717, 1.165) is 19.4 Å². The predicted octanol–water partition coefficient (Wildman–Crippen LogP) is 1.13. The number of rotatable bonds is 6. The van der Waals surface area contributed by atoms with Gasteiger partial charge in [-0.05, 0) is 18.9 Å². The zero-order chi connectivity index (χ0) is 15.1. The maximum Gasteiger partial charge on any atom is 0.229 e. The molecule has 1 aliphatic heterocycles. The second kappa shape index (κ2) is 7.73. The zero-order valence-electron chi connectivity index (χ0n) is 11.7. The van der Waals surface area contributed by atoms with Gasteiger partial charge in [-0.1, -0.05) is 18.2 Å². The van der Waals surface area contributed by atoms with Gasteiger partial charge >= 0.3 is 0 Å². The molecule has 6 heteroatoms. The molecule has 2 rings (SSSR count). The van der Waals surface area contributed by atoms with Crippen molar-refractivity contribution < 1.29 is 18.7 Å². The molecule has 0 aromatic heterocycles. The fraction of sp³-hybridized carbons (Fsp3) is 0.467. The maximum absolute atomic E-state index is 13.4. The minimum atomic E-state index is -0.428. The summed E-state index contributed by atoms with van der Waals surface area (Å²) in [5.41, 5.74) is 0.394. The van der Waals surface area contributed by atoms with E-state index in [0.29, 0.717) is 12.1 Å². The van der Waals surface area contributed by atoms with Gasteiger partial charge in [-0.25, -0.2) is 4.39 Å². The van der Waals surface area contributed by atoms with E-state index in [1.165, 1.54) is 6.07 Å². The average Bonchev–Trinajstić information content (AvgIpc) is 2.97. The van der Waals surface area contributed by atoms with Crippen LogP contribution >= 0.6 is 0 Å². The molecule has 1 atom stereocenters. The quantitative estimate of drug-likeness (QED) is 0.773. The molecule has 0 saturated carbocycles. The SMILES string of the molecule is O=C(CC(=O)NCC1CCCO1)NCc1ccccc1F. The van der Waals surface area contributed by atoms with Crippen molar-refractivity contribution in [2.45, 2.75) is 31.9 Å². The molecule has 2 amide bonds. The van der Waals surface area contributed by atoms with Crippen molar-refractivity contribution >= 4 is 11.8 Å². The second-order valence-electron chi connectivity index (χ2n) is 4.98. The summed E-state index contributed by atoms with van der Waals surface area (Å²) in [5, 5.41) is 5.19. The molecule has 0 aliphatic carbocycles. The van der Waals surface area contributed by atoms with Gasteiger partial charge in [0.15, 0.2) is 0 Å². The van der Waals surface area contributed by atoms with Gasteiger partial charge in [0.25, 0.3) is 0 Å². The summed E-state index contributed by atoms with van der Waals surface area (Å²) >= 11 is 0. The van der Waals surface area contributed by atoms with Gasteiger partial charge in [0, 0.05) is 25.3 Å². The van der Waals surface area contributed by atoms with Gasteiger partial charge in [-0.15, -0.1) is 0 Å². The minimum Gasteiger partial charge on any atom is -0.376 e. The lowest BCUT2D eigenvalue weighted by Gasteiger charge is -2.11. The van der Waals surface area contributed by atoms with Crippen molar-refractivity contribution in [2.24, 2.45) is 0 Å². The minimum absolute atomic E-state index is 0.0513. The van der Waals surface area contributed by atoms with Gasteiger partial charge in [-0.2, -0.15) is 0 Å². The third kappa shape index (κ3) is 5.15. The van der Waals surface area contributed by atoms with Gasteiger partial charge in [0.05, 0.1) is 6.10 Å². The normalized spacial score (nSPS) is 17.5. The lowest BCUT2D eigenvalue weighted by Crippen LogP contribution is -2.35. The van der Waals surface area contributed by atoms with E-state index >= 15 is 0 Å². The van der Waals surface area contributed by atoms with Crippen molar-refractivity contribution in [3.63, 3.8) is 0 Å². The lowest BCUT2D eigenvalue weighted by atomic mass is 10.2. The van der Waals surface area contributed by atoms with Crippen LogP contribution in [0, 0.1) is 5.82 Å². The summed E-state index contributed by atoms with van der Waals surface area (Å²) in [5.74, 6) is -1.15. The van der Waals surface area contributed by atoms with E-state index in [9.17, 15) is 14.0 Å². The van der Waals surface area contributed by atoms with E-state index in [2.05, 4.69) is 10.6 Å². The molecular formula is C15H19FN2O3. The Morgan fingerprint density at radius 1 is 1.24 bits per heavy atom. The topological polar surface area (TPSA) is 67.4 Å². The number of benzene rings is 1. The standard InChI is InChI=1S/C15H19FN2O3/c16-13-6-2-1-4-11(13)9-17-14(19)8-15(20)18-10-12-5-3-7-21-12/h1-2,4,6,12H,3,5,7-10H2,(H,17,19)(H,18,20). The van der Waals surface area contributed by atoms with E-state index < -0.39 is 5.91 Å². The average molecular weight is 294 g/mol. The highest BCUT2D eigenvalue weighted by Crippen LogP contribution is 2.10. The van der Waals surface area contributed by atoms with Crippen molar-refractivity contribution in [2.75, 3.05) is 13.2 Å². The fourth-order valence-electron chi connectivity index (χ4n) is 2.14. The number of carbonyl (C=O) groups excluding carboxylic acids is 2. The Hall–Kier alpha value is -1.95. The summed E-state index contributed by atoms with van der Waals surface area (Å²) in [6.45, 7) is 1.23. The summed E-state index contributed by atoms with van der Waals surface area (Å²) in [7, 11) is 0. The molecule has 0 spiro atoms. The Balaban J connectivity index is 1.66. The van der Waals surface area contributed by atoms with Gasteiger partial charge in [0.1, 0.15) is 12.2 Å². The Morgan fingerprint density at radius 2 is 2.00 bits per heavy atom. The zero-order valence-corrected chi connectivity index (χ0v) is 11.7. The third-order valence-corrected chi connectivity index (χ3v) is 3.31. The van der Waals surface area contributed by atoms with E-state index in [1.54, 1.807) is 18.2 Å². The van der Waals surface area contributed by atoms with Crippen molar-refractivity contribution in [3.8, 4) is 0 Å². The number of hydrogen-bond acceptors (Lipinski definition) is 3. The number of amides is 2. The monoisotopic (exact) mass is 294 g/mol. The van der Waals surface area contributed by atoms with Crippen LogP contribution in [0.15, 0.2) is 24.3 Å². The van der Waals surface area contributed by atoms with Crippen LogP contribution < -0.4 is 10.6 Å². The first-order valence-electron chi connectivity index (χ1n) is 7.03. The molecule has 1 fully saturated rings. The first kappa shape index (κ1) is 15.4. The number of ether oxygens (including phenoxy) is 1. The van der Waals surface area contributed by atoms with Crippen LogP contribution in [0.3, 0.4) is 0 Å². The van der Waals surface area contributed by atoms with Gasteiger partial charge in [0.2, 0.25) is 11.8 Å². The molecular weight excluding hydrogens is 275 g/mol. The molecule has 21 heavy (non-hydrogen) atoms. The second-order valence-corrected chi connectivity index (χ2v) is 4.98. The highest BCUT2D eigenvalue weighted by molar-refractivity contribution is 5.96. The lowest BCUT2D eigenvalue weighted by molar-refractivity contribution is -0.129. The van der Waals surface area contributed by atoms with Crippen LogP contribution in [0.5, 0.6) is 0 Å². The largest absolute Gasteiger partial charge is 0.376 e. The van der Waals surface area contributed by atoms with Gasteiger partial charge in [-0.3, -0.25) is 9.59 Å².